The van der Waals surface area contributed by atoms with Crippen molar-refractivity contribution in [2.75, 3.05) is 25.1 Å². The van der Waals surface area contributed by atoms with Crippen molar-refractivity contribution in [2.24, 2.45) is 0 Å². The van der Waals surface area contributed by atoms with Crippen LogP contribution in [0.3, 0.4) is 0 Å². The smallest absolute Gasteiger partial charge is 0.201 e. The molecule has 1 aromatic heterocycles. The third-order valence-electron chi connectivity index (χ3n) is 2.49. The fourth-order valence-electron chi connectivity index (χ4n) is 1.80. The molecule has 2 aromatic rings. The van der Waals surface area contributed by atoms with E-state index in [9.17, 15) is 0 Å². The summed E-state index contributed by atoms with van der Waals surface area (Å²) in [6, 6.07) is 3.83. The number of imidazole rings is 1. The Kier molecular flexibility index (Phi) is 2.09. The Morgan fingerprint density at radius 1 is 1.31 bits per heavy atom. The monoisotopic (exact) mass is 219 g/mol. The molecule has 0 saturated heterocycles. The van der Waals surface area contributed by atoms with Crippen LogP contribution in [0.15, 0.2) is 12.1 Å². The van der Waals surface area contributed by atoms with Crippen LogP contribution in [0.2, 0.25) is 0 Å². The molecule has 0 bridgehead atoms. The molecule has 2 heterocycles. The van der Waals surface area contributed by atoms with Crippen molar-refractivity contribution in [1.82, 2.24) is 9.97 Å². The predicted molar refractivity (Wildman–Crippen MR) is 61.2 cm³/mol. The highest BCUT2D eigenvalue weighted by Crippen LogP contribution is 2.33. The largest absolute Gasteiger partial charge is 0.486 e. The number of ether oxygens (including phenoxy) is 2. The Labute approximate surface area is 92.8 Å². The van der Waals surface area contributed by atoms with Crippen LogP contribution < -0.4 is 14.8 Å². The van der Waals surface area contributed by atoms with E-state index in [1.54, 1.807) is 0 Å². The van der Waals surface area contributed by atoms with Crippen LogP contribution in [-0.4, -0.2) is 29.7 Å². The molecule has 1 aliphatic rings. The molecule has 16 heavy (non-hydrogen) atoms. The summed E-state index contributed by atoms with van der Waals surface area (Å²) in [5, 5.41) is 3.14. The average Bonchev–Trinajstić information content (AvgIpc) is 2.67. The van der Waals surface area contributed by atoms with Gasteiger partial charge in [-0.2, -0.15) is 0 Å². The van der Waals surface area contributed by atoms with E-state index in [1.165, 1.54) is 0 Å². The van der Waals surface area contributed by atoms with Crippen LogP contribution in [0.5, 0.6) is 11.5 Å². The standard InChI is InChI=1S/C11H13N3O2/c1-2-12-11-13-7-5-9-10(6-8(7)14-11)16-4-3-15-9/h5-6H,2-4H2,1H3,(H2,12,13,14). The SMILES string of the molecule is CCNc1nc2cc3c(cc2[nH]1)OCCO3. The minimum absolute atomic E-state index is 0.600. The zero-order chi connectivity index (χ0) is 11.0. The number of H-pyrrole nitrogens is 1. The number of fused-ring (bicyclic) bond motifs is 2. The number of hydrogen-bond acceptors (Lipinski definition) is 4. The minimum atomic E-state index is 0.600. The molecular formula is C11H13N3O2. The second-order valence-corrected chi connectivity index (χ2v) is 3.63. The van der Waals surface area contributed by atoms with Gasteiger partial charge in [-0.1, -0.05) is 0 Å². The summed E-state index contributed by atoms with van der Waals surface area (Å²) in [5.41, 5.74) is 1.85. The molecule has 0 fully saturated rings. The number of hydrogen-bond donors (Lipinski definition) is 2. The first-order chi connectivity index (χ1) is 7.86. The van der Waals surface area contributed by atoms with Crippen LogP contribution in [-0.2, 0) is 0 Å². The van der Waals surface area contributed by atoms with Crippen LogP contribution in [0.1, 0.15) is 6.92 Å². The zero-order valence-electron chi connectivity index (χ0n) is 9.04. The van der Waals surface area contributed by atoms with E-state index >= 15 is 0 Å². The lowest BCUT2D eigenvalue weighted by Crippen LogP contribution is -2.15. The normalized spacial score (nSPS) is 14.1. The van der Waals surface area contributed by atoms with Gasteiger partial charge in [0.15, 0.2) is 11.5 Å². The number of nitrogens with zero attached hydrogens (tertiary/aromatic N) is 1. The molecule has 0 spiro atoms. The third kappa shape index (κ3) is 1.44. The average molecular weight is 219 g/mol. The molecule has 0 atom stereocenters. The van der Waals surface area contributed by atoms with E-state index in [0.29, 0.717) is 13.2 Å². The number of aromatic amines is 1. The maximum atomic E-state index is 5.51. The van der Waals surface area contributed by atoms with E-state index in [1.807, 2.05) is 19.1 Å². The van der Waals surface area contributed by atoms with Gasteiger partial charge in [0, 0.05) is 18.7 Å². The maximum Gasteiger partial charge on any atom is 0.201 e. The van der Waals surface area contributed by atoms with Gasteiger partial charge in [0.1, 0.15) is 13.2 Å². The first kappa shape index (κ1) is 9.33. The number of aromatic nitrogens is 2. The Bertz CT molecular complexity index is 478. The maximum absolute atomic E-state index is 5.51. The van der Waals surface area contributed by atoms with Gasteiger partial charge in [-0.3, -0.25) is 0 Å². The highest BCUT2D eigenvalue weighted by molar-refractivity contribution is 5.81. The second-order valence-electron chi connectivity index (χ2n) is 3.63. The van der Waals surface area contributed by atoms with Gasteiger partial charge >= 0.3 is 0 Å². The van der Waals surface area contributed by atoms with Crippen molar-refractivity contribution >= 4 is 17.0 Å². The lowest BCUT2D eigenvalue weighted by Gasteiger charge is -2.17. The molecule has 0 radical (unpaired) electrons. The van der Waals surface area contributed by atoms with Gasteiger partial charge < -0.3 is 19.8 Å². The first-order valence-corrected chi connectivity index (χ1v) is 5.40. The van der Waals surface area contributed by atoms with Crippen molar-refractivity contribution in [2.45, 2.75) is 6.92 Å². The summed E-state index contributed by atoms with van der Waals surface area (Å²) in [6.45, 7) is 4.08. The van der Waals surface area contributed by atoms with Crippen molar-refractivity contribution in [3.63, 3.8) is 0 Å². The zero-order valence-corrected chi connectivity index (χ0v) is 9.04. The molecule has 3 rings (SSSR count). The molecule has 1 aliphatic heterocycles. The second kappa shape index (κ2) is 3.59. The molecule has 5 nitrogen and oxygen atoms in total. The van der Waals surface area contributed by atoms with Gasteiger partial charge in [-0.05, 0) is 6.92 Å². The van der Waals surface area contributed by atoms with E-state index in [4.69, 9.17) is 9.47 Å². The fourth-order valence-corrected chi connectivity index (χ4v) is 1.80. The quantitative estimate of drug-likeness (QED) is 0.808. The fraction of sp³-hybridized carbons (Fsp3) is 0.364. The van der Waals surface area contributed by atoms with Gasteiger partial charge in [-0.15, -0.1) is 0 Å². The van der Waals surface area contributed by atoms with Gasteiger partial charge in [0.05, 0.1) is 11.0 Å². The van der Waals surface area contributed by atoms with E-state index in [0.717, 1.165) is 35.0 Å². The summed E-state index contributed by atoms with van der Waals surface area (Å²) >= 11 is 0. The predicted octanol–water partition coefficient (Wildman–Crippen LogP) is 1.77. The molecule has 2 N–H and O–H groups in total. The van der Waals surface area contributed by atoms with E-state index in [2.05, 4.69) is 15.3 Å². The first-order valence-electron chi connectivity index (χ1n) is 5.40. The lowest BCUT2D eigenvalue weighted by molar-refractivity contribution is 0.172. The van der Waals surface area contributed by atoms with Crippen LogP contribution in [0, 0.1) is 0 Å². The highest BCUT2D eigenvalue weighted by atomic mass is 16.6. The molecule has 0 aliphatic carbocycles. The Balaban J connectivity index is 2.09. The summed E-state index contributed by atoms with van der Waals surface area (Å²) in [7, 11) is 0. The summed E-state index contributed by atoms with van der Waals surface area (Å²) in [5.74, 6) is 2.33. The van der Waals surface area contributed by atoms with Crippen molar-refractivity contribution in [3.8, 4) is 11.5 Å². The van der Waals surface area contributed by atoms with E-state index < -0.39 is 0 Å². The van der Waals surface area contributed by atoms with E-state index in [-0.39, 0.29) is 0 Å². The van der Waals surface area contributed by atoms with Crippen LogP contribution in [0.4, 0.5) is 5.95 Å². The summed E-state index contributed by atoms with van der Waals surface area (Å²) in [6.07, 6.45) is 0. The van der Waals surface area contributed by atoms with Crippen LogP contribution >= 0.6 is 0 Å². The molecule has 84 valence electrons. The Hall–Kier alpha value is -1.91. The molecular weight excluding hydrogens is 206 g/mol. The van der Waals surface area contributed by atoms with Crippen molar-refractivity contribution < 1.29 is 9.47 Å². The number of nitrogens with one attached hydrogen (secondary N) is 2. The summed E-state index contributed by atoms with van der Waals surface area (Å²) < 4.78 is 11.0. The summed E-state index contributed by atoms with van der Waals surface area (Å²) in [4.78, 5) is 7.60. The van der Waals surface area contributed by atoms with Gasteiger partial charge in [-0.25, -0.2) is 4.98 Å². The molecule has 5 heteroatoms. The number of anilines is 1. The number of rotatable bonds is 2. The Morgan fingerprint density at radius 3 is 2.81 bits per heavy atom. The highest BCUT2D eigenvalue weighted by Gasteiger charge is 2.14. The lowest BCUT2D eigenvalue weighted by atomic mass is 10.2. The van der Waals surface area contributed by atoms with Gasteiger partial charge in [0.25, 0.3) is 0 Å². The number of benzene rings is 1. The van der Waals surface area contributed by atoms with Crippen molar-refractivity contribution in [1.29, 1.82) is 0 Å². The molecule has 0 amide bonds. The molecule has 0 saturated carbocycles. The third-order valence-corrected chi connectivity index (χ3v) is 2.49. The van der Waals surface area contributed by atoms with Crippen LogP contribution in [0.25, 0.3) is 11.0 Å². The Morgan fingerprint density at radius 2 is 2.06 bits per heavy atom. The van der Waals surface area contributed by atoms with Gasteiger partial charge in [0.2, 0.25) is 5.95 Å². The molecule has 0 unspecified atom stereocenters. The topological polar surface area (TPSA) is 59.2 Å². The molecule has 1 aromatic carbocycles. The minimum Gasteiger partial charge on any atom is -0.486 e. The van der Waals surface area contributed by atoms with Crippen molar-refractivity contribution in [3.05, 3.63) is 12.1 Å².